The Labute approximate surface area is 199 Å². The van der Waals surface area contributed by atoms with Gasteiger partial charge in [0.15, 0.2) is 0 Å². The summed E-state index contributed by atoms with van der Waals surface area (Å²) in [4.78, 5) is 14.1. The van der Waals surface area contributed by atoms with Crippen molar-refractivity contribution in [2.75, 3.05) is 26.0 Å². The summed E-state index contributed by atoms with van der Waals surface area (Å²) in [5.41, 5.74) is 1.04. The molecule has 1 amide bonds. The second-order valence-electron chi connectivity index (χ2n) is 7.71. The third-order valence-corrected chi connectivity index (χ3v) is 8.57. The van der Waals surface area contributed by atoms with E-state index in [4.69, 9.17) is 16.3 Å². The number of rotatable bonds is 8. The van der Waals surface area contributed by atoms with Crippen molar-refractivity contribution in [2.45, 2.75) is 42.5 Å². The second kappa shape index (κ2) is 10.9. The summed E-state index contributed by atoms with van der Waals surface area (Å²) < 4.78 is 32.9. The summed E-state index contributed by atoms with van der Waals surface area (Å²) in [5.74, 6) is 0.214. The molecule has 1 atom stereocenters. The Hall–Kier alpha value is -1.74. The van der Waals surface area contributed by atoms with E-state index >= 15 is 0 Å². The molecule has 1 aliphatic heterocycles. The smallest absolute Gasteiger partial charge is 0.243 e. The molecular weight excluding hydrogens is 468 g/mol. The Morgan fingerprint density at radius 3 is 2.44 bits per heavy atom. The van der Waals surface area contributed by atoms with Crippen LogP contribution in [0.25, 0.3) is 0 Å². The van der Waals surface area contributed by atoms with Gasteiger partial charge in [0.2, 0.25) is 15.9 Å². The van der Waals surface area contributed by atoms with Crippen LogP contribution in [-0.4, -0.2) is 44.6 Å². The average Bonchev–Trinajstić information content (AvgIpc) is 2.80. The van der Waals surface area contributed by atoms with Crippen LogP contribution >= 0.6 is 23.4 Å². The lowest BCUT2D eigenvalue weighted by Gasteiger charge is -2.31. The molecule has 9 heteroatoms. The Bertz CT molecular complexity index is 1040. The highest BCUT2D eigenvalue weighted by Crippen LogP contribution is 2.30. The molecule has 0 spiro atoms. The summed E-state index contributed by atoms with van der Waals surface area (Å²) in [5, 5.41) is 3.33. The van der Waals surface area contributed by atoms with Gasteiger partial charge < -0.3 is 10.1 Å². The Morgan fingerprint density at radius 2 is 1.88 bits per heavy atom. The summed E-state index contributed by atoms with van der Waals surface area (Å²) in [6.45, 7) is 4.83. The molecule has 1 unspecified atom stereocenters. The lowest BCUT2D eigenvalue weighted by molar-refractivity contribution is -0.126. The minimum absolute atomic E-state index is 0.0346. The number of hydrogen-bond acceptors (Lipinski definition) is 5. The van der Waals surface area contributed by atoms with E-state index in [1.807, 2.05) is 44.4 Å². The van der Waals surface area contributed by atoms with Crippen LogP contribution in [-0.2, 0) is 14.8 Å². The second-order valence-corrected chi connectivity index (χ2v) is 10.9. The van der Waals surface area contributed by atoms with E-state index in [1.165, 1.54) is 21.3 Å². The van der Waals surface area contributed by atoms with Crippen LogP contribution in [0.5, 0.6) is 5.75 Å². The maximum absolute atomic E-state index is 13.0. The first-order chi connectivity index (χ1) is 15.3. The van der Waals surface area contributed by atoms with Crippen LogP contribution in [0, 0.1) is 5.92 Å². The zero-order valence-corrected chi connectivity index (χ0v) is 20.9. The Kier molecular flexibility index (Phi) is 8.49. The number of piperidine rings is 1. The van der Waals surface area contributed by atoms with Gasteiger partial charge in [-0.15, -0.1) is 11.8 Å². The molecule has 1 heterocycles. The van der Waals surface area contributed by atoms with Crippen molar-refractivity contribution in [2.24, 2.45) is 5.92 Å². The third kappa shape index (κ3) is 5.78. The molecule has 0 aromatic heterocycles. The van der Waals surface area contributed by atoms with Gasteiger partial charge in [0.1, 0.15) is 5.75 Å². The highest BCUT2D eigenvalue weighted by Gasteiger charge is 2.32. The van der Waals surface area contributed by atoms with Crippen LogP contribution in [0.4, 0.5) is 0 Å². The lowest BCUT2D eigenvalue weighted by Crippen LogP contribution is -2.43. The van der Waals surface area contributed by atoms with Crippen LogP contribution in [0.1, 0.15) is 38.3 Å². The van der Waals surface area contributed by atoms with Gasteiger partial charge in [0.25, 0.3) is 0 Å². The van der Waals surface area contributed by atoms with Crippen LogP contribution in [0.2, 0.25) is 5.02 Å². The summed E-state index contributed by atoms with van der Waals surface area (Å²) in [6, 6.07) is 12.5. The number of hydrogen-bond donors (Lipinski definition) is 1. The van der Waals surface area contributed by atoms with Gasteiger partial charge in [0, 0.05) is 23.9 Å². The maximum atomic E-state index is 13.0. The van der Waals surface area contributed by atoms with Crippen molar-refractivity contribution in [1.29, 1.82) is 0 Å². The fourth-order valence-electron chi connectivity index (χ4n) is 3.73. The number of ether oxygens (including phenoxy) is 1. The summed E-state index contributed by atoms with van der Waals surface area (Å²) in [6.07, 6.45) is 2.99. The molecule has 174 valence electrons. The number of sulfonamides is 1. The standard InChI is InChI=1S/C23H29ClN2O4S2/c1-4-30-22-10-9-20(15-21(22)24)32(28,29)26-13-11-18(12-14-26)23(27)25-16(2)17-5-7-19(31-3)8-6-17/h5-10,15-16,18H,4,11-14H2,1-3H3,(H,25,27). The van der Waals surface area contributed by atoms with Gasteiger partial charge in [-0.2, -0.15) is 4.31 Å². The minimum atomic E-state index is -3.68. The van der Waals surface area contributed by atoms with Gasteiger partial charge in [-0.1, -0.05) is 23.7 Å². The number of carbonyl (C=O) groups is 1. The van der Waals surface area contributed by atoms with Crippen molar-refractivity contribution in [1.82, 2.24) is 9.62 Å². The fraction of sp³-hybridized carbons (Fsp3) is 0.435. The zero-order chi connectivity index (χ0) is 23.3. The third-order valence-electron chi connectivity index (χ3n) is 5.64. The fourth-order valence-corrected chi connectivity index (χ4v) is 5.93. The molecule has 1 aliphatic rings. The molecule has 1 fully saturated rings. The van der Waals surface area contributed by atoms with Gasteiger partial charge in [-0.3, -0.25) is 4.79 Å². The first kappa shape index (κ1) is 24.9. The number of amides is 1. The lowest BCUT2D eigenvalue weighted by atomic mass is 9.96. The molecule has 3 rings (SSSR count). The van der Waals surface area contributed by atoms with Crippen LogP contribution in [0.15, 0.2) is 52.3 Å². The topological polar surface area (TPSA) is 75.7 Å². The van der Waals surface area contributed by atoms with E-state index in [0.717, 1.165) is 5.56 Å². The molecule has 1 saturated heterocycles. The Balaban J connectivity index is 1.58. The van der Waals surface area contributed by atoms with E-state index < -0.39 is 10.0 Å². The highest BCUT2D eigenvalue weighted by atomic mass is 35.5. The van der Waals surface area contributed by atoms with Crippen LogP contribution in [0.3, 0.4) is 0 Å². The first-order valence-electron chi connectivity index (χ1n) is 10.6. The summed E-state index contributed by atoms with van der Waals surface area (Å²) in [7, 11) is -3.68. The molecule has 0 bridgehead atoms. The van der Waals surface area contributed by atoms with E-state index in [9.17, 15) is 13.2 Å². The van der Waals surface area contributed by atoms with Gasteiger partial charge >= 0.3 is 0 Å². The quantitative estimate of drug-likeness (QED) is 0.534. The SMILES string of the molecule is CCOc1ccc(S(=O)(=O)N2CCC(C(=O)NC(C)c3ccc(SC)cc3)CC2)cc1Cl. The largest absolute Gasteiger partial charge is 0.492 e. The van der Waals surface area contributed by atoms with Gasteiger partial charge in [-0.05, 0) is 68.8 Å². The zero-order valence-electron chi connectivity index (χ0n) is 18.5. The van der Waals surface area contributed by atoms with Crippen molar-refractivity contribution < 1.29 is 17.9 Å². The number of nitrogens with zero attached hydrogens (tertiary/aromatic N) is 1. The van der Waals surface area contributed by atoms with E-state index in [2.05, 4.69) is 5.32 Å². The first-order valence-corrected chi connectivity index (χ1v) is 13.7. The number of nitrogens with one attached hydrogen (secondary N) is 1. The predicted molar refractivity (Wildman–Crippen MR) is 129 cm³/mol. The number of thioether (sulfide) groups is 1. The number of halogens is 1. The molecule has 0 radical (unpaired) electrons. The molecule has 2 aromatic rings. The van der Waals surface area contributed by atoms with Crippen molar-refractivity contribution in [3.05, 3.63) is 53.1 Å². The van der Waals surface area contributed by atoms with Gasteiger partial charge in [0.05, 0.1) is 22.6 Å². The minimum Gasteiger partial charge on any atom is -0.492 e. The van der Waals surface area contributed by atoms with Crippen molar-refractivity contribution in [3.8, 4) is 5.75 Å². The molecular formula is C23H29ClN2O4S2. The molecule has 32 heavy (non-hydrogen) atoms. The van der Waals surface area contributed by atoms with Gasteiger partial charge in [-0.25, -0.2) is 8.42 Å². The summed E-state index contributed by atoms with van der Waals surface area (Å²) >= 11 is 7.85. The highest BCUT2D eigenvalue weighted by molar-refractivity contribution is 7.98. The monoisotopic (exact) mass is 496 g/mol. The number of benzene rings is 2. The normalized spacial score (nSPS) is 16.5. The van der Waals surface area contributed by atoms with Crippen molar-refractivity contribution in [3.63, 3.8) is 0 Å². The molecule has 2 aromatic carbocycles. The molecule has 0 saturated carbocycles. The van der Waals surface area contributed by atoms with E-state index in [1.54, 1.807) is 17.8 Å². The Morgan fingerprint density at radius 1 is 1.22 bits per heavy atom. The molecule has 0 aliphatic carbocycles. The van der Waals surface area contributed by atoms with Crippen molar-refractivity contribution >= 4 is 39.3 Å². The predicted octanol–water partition coefficient (Wildman–Crippen LogP) is 4.74. The van der Waals surface area contributed by atoms with E-state index in [0.29, 0.717) is 38.3 Å². The van der Waals surface area contributed by atoms with Crippen LogP contribution < -0.4 is 10.1 Å². The number of carbonyl (C=O) groups excluding carboxylic acids is 1. The molecule has 1 N–H and O–H groups in total. The van der Waals surface area contributed by atoms with E-state index in [-0.39, 0.29) is 27.8 Å². The average molecular weight is 497 g/mol. The maximum Gasteiger partial charge on any atom is 0.243 e. The molecule has 6 nitrogen and oxygen atoms in total.